The number of halogens is 1. The first-order valence-corrected chi connectivity index (χ1v) is 19.7. The number of rotatable bonds is 17. The Morgan fingerprint density at radius 3 is 1.84 bits per heavy atom. The minimum atomic E-state index is 0.315. The zero-order valence-electron chi connectivity index (χ0n) is 29.8. The third-order valence-electron chi connectivity index (χ3n) is 12.6. The summed E-state index contributed by atoms with van der Waals surface area (Å²) in [5.74, 6) is 1.23. The summed E-state index contributed by atoms with van der Waals surface area (Å²) < 4.78 is 0. The first-order valence-electron chi connectivity index (χ1n) is 19.3. The van der Waals surface area contributed by atoms with Crippen LogP contribution in [0.3, 0.4) is 0 Å². The first kappa shape index (κ1) is 34.6. The van der Waals surface area contributed by atoms with Crippen molar-refractivity contribution in [2.24, 2.45) is 10.8 Å². The molecule has 4 aliphatic rings. The average molecular weight is 698 g/mol. The van der Waals surface area contributed by atoms with Gasteiger partial charge in [-0.15, -0.1) is 0 Å². The molecule has 4 N–H and O–H groups in total. The molecule has 4 saturated carbocycles. The molecule has 0 heterocycles. The molecule has 0 unspecified atom stereocenters. The van der Waals surface area contributed by atoms with Gasteiger partial charge in [0.25, 0.3) is 0 Å². The molecule has 51 heavy (non-hydrogen) atoms. The molecule has 5 nitrogen and oxygen atoms in total. The fourth-order valence-electron chi connectivity index (χ4n) is 8.74. The van der Waals surface area contributed by atoms with E-state index >= 15 is 0 Å². The summed E-state index contributed by atoms with van der Waals surface area (Å²) >= 11 is 7.14. The van der Waals surface area contributed by atoms with Crippen LogP contribution < -0.4 is 21.3 Å². The number of nitriles is 1. The van der Waals surface area contributed by atoms with Crippen LogP contribution in [0.25, 0.3) is 11.1 Å². The summed E-state index contributed by atoms with van der Waals surface area (Å²) in [6, 6.07) is 37.9. The second-order valence-electron chi connectivity index (χ2n) is 16.2. The molecule has 4 aliphatic carbocycles. The van der Waals surface area contributed by atoms with Gasteiger partial charge in [0.05, 0.1) is 16.7 Å². The molecule has 4 atom stereocenters. The number of hydrogen-bond donors (Lipinski definition) is 4. The minimum absolute atomic E-state index is 0.315. The average Bonchev–Trinajstić information content (AvgIpc) is 4.07. The molecular weight excluding hydrogens is 646 g/mol. The van der Waals surface area contributed by atoms with Crippen molar-refractivity contribution in [3.63, 3.8) is 0 Å². The number of nitrogens with one attached hydrogen (secondary N) is 4. The van der Waals surface area contributed by atoms with E-state index in [9.17, 15) is 5.26 Å². The van der Waals surface area contributed by atoms with Crippen molar-refractivity contribution in [2.45, 2.75) is 88.4 Å². The van der Waals surface area contributed by atoms with Gasteiger partial charge in [0.2, 0.25) is 0 Å². The van der Waals surface area contributed by atoms with Crippen LogP contribution in [0.2, 0.25) is 5.02 Å². The monoisotopic (exact) mass is 697 g/mol. The lowest BCUT2D eigenvalue weighted by Crippen LogP contribution is -2.47. The molecule has 0 bridgehead atoms. The fourth-order valence-corrected chi connectivity index (χ4v) is 9.05. The second kappa shape index (κ2) is 15.2. The van der Waals surface area contributed by atoms with E-state index in [1.54, 1.807) is 0 Å². The number of hydrogen-bond acceptors (Lipinski definition) is 5. The van der Waals surface area contributed by atoms with Crippen molar-refractivity contribution in [1.29, 1.82) is 5.26 Å². The zero-order chi connectivity index (χ0) is 34.7. The van der Waals surface area contributed by atoms with Crippen LogP contribution in [0.4, 0.5) is 0 Å². The summed E-state index contributed by atoms with van der Waals surface area (Å²) in [6.07, 6.45) is 10.2. The van der Waals surface area contributed by atoms with Crippen LogP contribution in [-0.4, -0.2) is 38.3 Å². The third-order valence-corrected chi connectivity index (χ3v) is 13.0. The highest BCUT2D eigenvalue weighted by Gasteiger charge is 2.43. The van der Waals surface area contributed by atoms with E-state index in [0.29, 0.717) is 34.7 Å². The molecule has 0 aliphatic heterocycles. The predicted molar refractivity (Wildman–Crippen MR) is 209 cm³/mol. The molecule has 0 aromatic heterocycles. The van der Waals surface area contributed by atoms with Crippen LogP contribution in [0.5, 0.6) is 0 Å². The summed E-state index contributed by atoms with van der Waals surface area (Å²) in [5, 5.41) is 25.6. The number of nitrogens with zero attached hydrogens (tertiary/aromatic N) is 1. The van der Waals surface area contributed by atoms with Crippen molar-refractivity contribution in [1.82, 2.24) is 21.3 Å². The standard InChI is InChI=1S/C45H52ClN5/c46-43-37(27-49-29-45(20-9-21-45)30-50-41-23-39(41)32-10-2-1-3-11-32)16-7-17-38(43)33-14-6-15-34(22-33)40-24-42(40)51-31-44(18-8-19-44)28-48-26-36-13-5-4-12-35(36)25-47/h1-7,10-17,22,39-42,48-51H,8-9,18-21,23-24,26-31H2/t39-,40-,41+,42+/m1/s1. The smallest absolute Gasteiger partial charge is 0.0995 e. The summed E-state index contributed by atoms with van der Waals surface area (Å²) in [6.45, 7) is 5.71. The molecular formula is C45H52ClN5. The summed E-state index contributed by atoms with van der Waals surface area (Å²) in [5.41, 5.74) is 8.92. The Morgan fingerprint density at radius 2 is 1.20 bits per heavy atom. The van der Waals surface area contributed by atoms with Crippen molar-refractivity contribution < 1.29 is 0 Å². The van der Waals surface area contributed by atoms with Crippen LogP contribution in [0.1, 0.15) is 91.0 Å². The van der Waals surface area contributed by atoms with Gasteiger partial charge in [0.15, 0.2) is 0 Å². The highest BCUT2D eigenvalue weighted by molar-refractivity contribution is 6.34. The van der Waals surface area contributed by atoms with E-state index < -0.39 is 0 Å². The van der Waals surface area contributed by atoms with E-state index in [1.165, 1.54) is 73.6 Å². The Kier molecular flexibility index (Phi) is 10.3. The van der Waals surface area contributed by atoms with Crippen molar-refractivity contribution in [3.05, 3.63) is 130 Å². The van der Waals surface area contributed by atoms with Gasteiger partial charge in [0, 0.05) is 68.8 Å². The molecule has 0 saturated heterocycles. The van der Waals surface area contributed by atoms with Crippen LogP contribution >= 0.6 is 11.6 Å². The maximum absolute atomic E-state index is 9.44. The van der Waals surface area contributed by atoms with E-state index in [1.807, 2.05) is 18.2 Å². The van der Waals surface area contributed by atoms with E-state index in [2.05, 4.69) is 106 Å². The van der Waals surface area contributed by atoms with Crippen LogP contribution in [-0.2, 0) is 13.1 Å². The summed E-state index contributed by atoms with van der Waals surface area (Å²) in [7, 11) is 0. The Balaban J connectivity index is 0.819. The molecule has 0 spiro atoms. The highest BCUT2D eigenvalue weighted by Crippen LogP contribution is 2.46. The van der Waals surface area contributed by atoms with Crippen LogP contribution in [0, 0.1) is 22.2 Å². The maximum Gasteiger partial charge on any atom is 0.0995 e. The molecule has 4 aromatic rings. The van der Waals surface area contributed by atoms with Gasteiger partial charge in [-0.25, -0.2) is 0 Å². The highest BCUT2D eigenvalue weighted by atomic mass is 35.5. The zero-order valence-corrected chi connectivity index (χ0v) is 30.5. The third kappa shape index (κ3) is 7.97. The predicted octanol–water partition coefficient (Wildman–Crippen LogP) is 8.69. The lowest BCUT2D eigenvalue weighted by molar-refractivity contribution is 0.126. The van der Waals surface area contributed by atoms with Gasteiger partial charge in [-0.2, -0.15) is 5.26 Å². The largest absolute Gasteiger partial charge is 0.313 e. The second-order valence-corrected chi connectivity index (χ2v) is 16.5. The Hall–Kier alpha value is -3.50. The molecule has 0 radical (unpaired) electrons. The maximum atomic E-state index is 9.44. The molecule has 8 rings (SSSR count). The van der Waals surface area contributed by atoms with Crippen molar-refractivity contribution in [3.8, 4) is 17.2 Å². The fraction of sp³-hybridized carbons (Fsp3) is 0.444. The molecule has 264 valence electrons. The minimum Gasteiger partial charge on any atom is -0.313 e. The topological polar surface area (TPSA) is 71.9 Å². The quantitative estimate of drug-likeness (QED) is 0.0889. The Labute approximate surface area is 309 Å². The van der Waals surface area contributed by atoms with E-state index in [-0.39, 0.29) is 0 Å². The summed E-state index contributed by atoms with van der Waals surface area (Å²) in [4.78, 5) is 0. The molecule has 6 heteroatoms. The van der Waals surface area contributed by atoms with Crippen LogP contribution in [0.15, 0.2) is 97.1 Å². The molecule has 4 fully saturated rings. The van der Waals surface area contributed by atoms with Gasteiger partial charge in [0.1, 0.15) is 0 Å². The first-order chi connectivity index (χ1) is 25.0. The van der Waals surface area contributed by atoms with Gasteiger partial charge >= 0.3 is 0 Å². The number of benzene rings is 4. The van der Waals surface area contributed by atoms with Crippen molar-refractivity contribution >= 4 is 11.6 Å². The van der Waals surface area contributed by atoms with Gasteiger partial charge in [-0.05, 0) is 83.2 Å². The van der Waals surface area contributed by atoms with Gasteiger partial charge in [-0.1, -0.05) is 115 Å². The Bertz CT molecular complexity index is 1840. The van der Waals surface area contributed by atoms with E-state index in [0.717, 1.165) is 61.0 Å². The van der Waals surface area contributed by atoms with Gasteiger partial charge < -0.3 is 21.3 Å². The molecule has 4 aromatic carbocycles. The van der Waals surface area contributed by atoms with E-state index in [4.69, 9.17) is 11.6 Å². The van der Waals surface area contributed by atoms with Crippen molar-refractivity contribution in [2.75, 3.05) is 26.2 Å². The lowest BCUT2D eigenvalue weighted by Gasteiger charge is -2.42. The Morgan fingerprint density at radius 1 is 0.627 bits per heavy atom. The SMILES string of the molecule is N#Cc1ccccc1CNCC1(CN[C@H]2C[C@@H]2c2cccc(-c3cccc(CNCC4(CN[C@H]5C[C@@H]5c5ccccc5)CCC4)c3Cl)c2)CCC1. The van der Waals surface area contributed by atoms with Gasteiger partial charge in [-0.3, -0.25) is 0 Å². The normalized spacial score (nSPS) is 23.8. The molecule has 0 amide bonds. The lowest BCUT2D eigenvalue weighted by atomic mass is 9.68.